The van der Waals surface area contributed by atoms with E-state index in [-0.39, 0.29) is 19.0 Å². The predicted octanol–water partition coefficient (Wildman–Crippen LogP) is 3.29. The highest BCUT2D eigenvalue weighted by Crippen LogP contribution is 2.17. The predicted molar refractivity (Wildman–Crippen MR) is 92.6 cm³/mol. The summed E-state index contributed by atoms with van der Waals surface area (Å²) in [6.45, 7) is 5.05. The van der Waals surface area contributed by atoms with Gasteiger partial charge in [-0.15, -0.1) is 0 Å². The summed E-state index contributed by atoms with van der Waals surface area (Å²) in [7, 11) is 0. The van der Waals surface area contributed by atoms with Gasteiger partial charge in [0.2, 0.25) is 5.78 Å². The fourth-order valence-corrected chi connectivity index (χ4v) is 2.35. The van der Waals surface area contributed by atoms with Crippen molar-refractivity contribution in [1.82, 2.24) is 0 Å². The summed E-state index contributed by atoms with van der Waals surface area (Å²) in [4.78, 5) is 24.0. The Bertz CT molecular complexity index is 849. The van der Waals surface area contributed by atoms with Gasteiger partial charge in [-0.3, -0.25) is 4.79 Å². The first-order valence-corrected chi connectivity index (χ1v) is 7.81. The van der Waals surface area contributed by atoms with Gasteiger partial charge >= 0.3 is 5.97 Å². The summed E-state index contributed by atoms with van der Waals surface area (Å²) >= 11 is 0. The maximum atomic E-state index is 12.2. The fraction of sp³-hybridized carbons (Fsp3) is 0.250. The summed E-state index contributed by atoms with van der Waals surface area (Å²) in [6, 6.07) is 12.3. The van der Waals surface area contributed by atoms with Crippen LogP contribution in [0.1, 0.15) is 32.6 Å². The SMILES string of the molecule is Cc1cc(C)c(C(=O)COC(=O)COc2ccccc2C#N)cc1C. The molecule has 0 unspecified atom stereocenters. The smallest absolute Gasteiger partial charge is 0.344 e. The van der Waals surface area contributed by atoms with Gasteiger partial charge in [-0.1, -0.05) is 18.2 Å². The number of aryl methyl sites for hydroxylation is 3. The molecule has 0 amide bonds. The number of Topliss-reactive ketones (excluding diaryl/α,β-unsaturated/α-hetero) is 1. The Kier molecular flexibility index (Phi) is 5.91. The maximum Gasteiger partial charge on any atom is 0.344 e. The number of nitriles is 1. The minimum Gasteiger partial charge on any atom is -0.481 e. The van der Waals surface area contributed by atoms with Gasteiger partial charge in [0.15, 0.2) is 13.2 Å². The molecule has 0 fully saturated rings. The van der Waals surface area contributed by atoms with Crippen molar-refractivity contribution in [3.05, 3.63) is 64.2 Å². The molecular weight excluding hydrogens is 318 g/mol. The zero-order valence-corrected chi connectivity index (χ0v) is 14.5. The summed E-state index contributed by atoms with van der Waals surface area (Å²) in [5.74, 6) is -0.618. The van der Waals surface area contributed by atoms with E-state index in [1.54, 1.807) is 30.3 Å². The van der Waals surface area contributed by atoms with E-state index < -0.39 is 5.97 Å². The molecule has 0 N–H and O–H groups in total. The molecule has 0 aliphatic carbocycles. The Balaban J connectivity index is 1.91. The number of hydrogen-bond acceptors (Lipinski definition) is 5. The van der Waals surface area contributed by atoms with Crippen molar-refractivity contribution in [3.63, 3.8) is 0 Å². The molecule has 5 heteroatoms. The number of hydrogen-bond donors (Lipinski definition) is 0. The minimum atomic E-state index is -0.664. The number of carbonyl (C=O) groups is 2. The molecule has 5 nitrogen and oxygen atoms in total. The quantitative estimate of drug-likeness (QED) is 0.597. The van der Waals surface area contributed by atoms with Crippen molar-refractivity contribution in [2.75, 3.05) is 13.2 Å². The van der Waals surface area contributed by atoms with Crippen LogP contribution in [0.25, 0.3) is 0 Å². The number of esters is 1. The minimum absolute atomic E-state index is 0.258. The normalized spacial score (nSPS) is 10.0. The largest absolute Gasteiger partial charge is 0.481 e. The summed E-state index contributed by atoms with van der Waals surface area (Å²) in [5.41, 5.74) is 3.85. The molecule has 2 aromatic carbocycles. The molecule has 0 aromatic heterocycles. The highest BCUT2D eigenvalue weighted by Gasteiger charge is 2.14. The molecule has 0 radical (unpaired) electrons. The van der Waals surface area contributed by atoms with E-state index in [1.807, 2.05) is 32.9 Å². The van der Waals surface area contributed by atoms with Crippen LogP contribution in [0, 0.1) is 32.1 Å². The van der Waals surface area contributed by atoms with Crippen molar-refractivity contribution in [1.29, 1.82) is 5.26 Å². The van der Waals surface area contributed by atoms with Crippen molar-refractivity contribution < 1.29 is 19.1 Å². The van der Waals surface area contributed by atoms with Crippen molar-refractivity contribution in [2.45, 2.75) is 20.8 Å². The molecule has 0 heterocycles. The number of rotatable bonds is 6. The van der Waals surface area contributed by atoms with E-state index in [2.05, 4.69) is 0 Å². The van der Waals surface area contributed by atoms with Crippen LogP contribution >= 0.6 is 0 Å². The van der Waals surface area contributed by atoms with Crippen LogP contribution in [-0.2, 0) is 9.53 Å². The van der Waals surface area contributed by atoms with Crippen LogP contribution in [0.15, 0.2) is 36.4 Å². The van der Waals surface area contributed by atoms with Crippen LogP contribution in [0.4, 0.5) is 0 Å². The number of ether oxygens (including phenoxy) is 2. The highest BCUT2D eigenvalue weighted by molar-refractivity contribution is 5.99. The van der Waals surface area contributed by atoms with Crippen molar-refractivity contribution in [2.24, 2.45) is 0 Å². The molecule has 0 saturated carbocycles. The van der Waals surface area contributed by atoms with Gasteiger partial charge in [0.05, 0.1) is 5.56 Å². The second kappa shape index (κ2) is 8.11. The Morgan fingerprint density at radius 1 is 1.00 bits per heavy atom. The van der Waals surface area contributed by atoms with Gasteiger partial charge in [0, 0.05) is 5.56 Å². The molecule has 0 atom stereocenters. The lowest BCUT2D eigenvalue weighted by atomic mass is 9.98. The van der Waals surface area contributed by atoms with Gasteiger partial charge in [-0.05, 0) is 55.7 Å². The number of benzene rings is 2. The first kappa shape index (κ1) is 18.2. The molecule has 2 aromatic rings. The third-order valence-electron chi connectivity index (χ3n) is 3.86. The van der Waals surface area contributed by atoms with Crippen LogP contribution in [-0.4, -0.2) is 25.0 Å². The van der Waals surface area contributed by atoms with Gasteiger partial charge < -0.3 is 9.47 Å². The molecular formula is C20H19NO4. The summed E-state index contributed by atoms with van der Waals surface area (Å²) < 4.78 is 10.3. The molecule has 0 aliphatic rings. The first-order valence-electron chi connectivity index (χ1n) is 7.81. The van der Waals surface area contributed by atoms with E-state index >= 15 is 0 Å². The maximum absolute atomic E-state index is 12.2. The average molecular weight is 337 g/mol. The number of para-hydroxylation sites is 1. The van der Waals surface area contributed by atoms with E-state index in [9.17, 15) is 9.59 Å². The van der Waals surface area contributed by atoms with Crippen LogP contribution in [0.3, 0.4) is 0 Å². The third kappa shape index (κ3) is 4.67. The summed E-state index contributed by atoms with van der Waals surface area (Å²) in [5, 5.41) is 8.96. The standard InChI is InChI=1S/C20H19NO4/c1-13-8-15(3)17(9-14(13)2)18(22)11-25-20(23)12-24-19-7-5-4-6-16(19)10-21/h4-9H,11-12H2,1-3H3. The van der Waals surface area contributed by atoms with Crippen molar-refractivity contribution in [3.8, 4) is 11.8 Å². The Morgan fingerprint density at radius 2 is 1.68 bits per heavy atom. The summed E-state index contributed by atoms with van der Waals surface area (Å²) in [6.07, 6.45) is 0. The second-order valence-corrected chi connectivity index (χ2v) is 5.73. The molecule has 2 rings (SSSR count). The van der Waals surface area contributed by atoms with Crippen LogP contribution in [0.2, 0.25) is 0 Å². The van der Waals surface area contributed by atoms with Gasteiger partial charge in [0.1, 0.15) is 11.8 Å². The molecule has 0 spiro atoms. The van der Waals surface area contributed by atoms with Gasteiger partial charge in [0.25, 0.3) is 0 Å². The lowest BCUT2D eigenvalue weighted by molar-refractivity contribution is -0.144. The molecule has 128 valence electrons. The lowest BCUT2D eigenvalue weighted by Crippen LogP contribution is -2.20. The van der Waals surface area contributed by atoms with Crippen LogP contribution < -0.4 is 4.74 Å². The number of nitrogens with zero attached hydrogens (tertiary/aromatic N) is 1. The van der Waals surface area contributed by atoms with E-state index in [4.69, 9.17) is 14.7 Å². The number of ketones is 1. The van der Waals surface area contributed by atoms with Crippen LogP contribution in [0.5, 0.6) is 5.75 Å². The van der Waals surface area contributed by atoms with E-state index in [0.29, 0.717) is 16.9 Å². The molecule has 0 bridgehead atoms. The monoisotopic (exact) mass is 337 g/mol. The first-order chi connectivity index (χ1) is 11.9. The average Bonchev–Trinajstić information content (AvgIpc) is 2.61. The lowest BCUT2D eigenvalue weighted by Gasteiger charge is -2.10. The zero-order valence-electron chi connectivity index (χ0n) is 14.5. The Hall–Kier alpha value is -3.13. The zero-order chi connectivity index (χ0) is 18.4. The number of carbonyl (C=O) groups excluding carboxylic acids is 2. The van der Waals surface area contributed by atoms with Crippen molar-refractivity contribution >= 4 is 11.8 Å². The molecule has 0 saturated heterocycles. The van der Waals surface area contributed by atoms with Gasteiger partial charge in [-0.25, -0.2) is 4.79 Å². The van der Waals surface area contributed by atoms with Gasteiger partial charge in [-0.2, -0.15) is 5.26 Å². The second-order valence-electron chi connectivity index (χ2n) is 5.73. The van der Waals surface area contributed by atoms with E-state index in [1.165, 1.54) is 0 Å². The topological polar surface area (TPSA) is 76.4 Å². The molecule has 25 heavy (non-hydrogen) atoms. The highest BCUT2D eigenvalue weighted by atomic mass is 16.6. The fourth-order valence-electron chi connectivity index (χ4n) is 2.35. The Morgan fingerprint density at radius 3 is 2.40 bits per heavy atom. The van der Waals surface area contributed by atoms with E-state index in [0.717, 1.165) is 16.7 Å². The Labute approximate surface area is 146 Å². The third-order valence-corrected chi connectivity index (χ3v) is 3.86. The molecule has 0 aliphatic heterocycles.